The van der Waals surface area contributed by atoms with Crippen molar-refractivity contribution in [2.75, 3.05) is 7.11 Å². The molecule has 0 saturated heterocycles. The summed E-state index contributed by atoms with van der Waals surface area (Å²) in [6, 6.07) is 17.3. The van der Waals surface area contributed by atoms with Gasteiger partial charge in [0.2, 0.25) is 0 Å². The maximum absolute atomic E-state index is 11.8. The lowest BCUT2D eigenvalue weighted by atomic mass is 10.0. The molecule has 1 unspecified atom stereocenters. The number of ether oxygens (including phenoxy) is 2. The smallest absolute Gasteiger partial charge is 0.337 e. The molecule has 0 radical (unpaired) electrons. The maximum atomic E-state index is 11.8. The Morgan fingerprint density at radius 2 is 1.73 bits per heavy atom. The highest BCUT2D eigenvalue weighted by molar-refractivity contribution is 5.89. The van der Waals surface area contributed by atoms with Crippen LogP contribution >= 0.6 is 0 Å². The SMILES string of the molecule is C=C(C(=O)OC)C(Oc1ccccc1)c1ccc(CC)cc1. The van der Waals surface area contributed by atoms with E-state index in [0.29, 0.717) is 5.75 Å². The second-order valence-electron chi connectivity index (χ2n) is 4.92. The number of rotatable bonds is 6. The number of hydrogen-bond donors (Lipinski definition) is 0. The van der Waals surface area contributed by atoms with Gasteiger partial charge in [0.05, 0.1) is 12.7 Å². The number of esters is 1. The van der Waals surface area contributed by atoms with Gasteiger partial charge in [0.1, 0.15) is 5.75 Å². The second kappa shape index (κ2) is 7.46. The summed E-state index contributed by atoms with van der Waals surface area (Å²) in [5.41, 5.74) is 2.37. The van der Waals surface area contributed by atoms with Crippen molar-refractivity contribution in [3.8, 4) is 5.75 Å². The molecule has 1 atom stereocenters. The van der Waals surface area contributed by atoms with E-state index in [4.69, 9.17) is 9.47 Å². The second-order valence-corrected chi connectivity index (χ2v) is 4.92. The van der Waals surface area contributed by atoms with Crippen LogP contribution < -0.4 is 4.74 Å². The Morgan fingerprint density at radius 1 is 1.09 bits per heavy atom. The summed E-state index contributed by atoms with van der Waals surface area (Å²) in [7, 11) is 1.34. The Labute approximate surface area is 131 Å². The van der Waals surface area contributed by atoms with Crippen LogP contribution in [0.2, 0.25) is 0 Å². The summed E-state index contributed by atoms with van der Waals surface area (Å²) < 4.78 is 10.7. The number of carbonyl (C=O) groups excluding carboxylic acids is 1. The summed E-state index contributed by atoms with van der Waals surface area (Å²) in [5.74, 6) is 0.206. The zero-order valence-electron chi connectivity index (χ0n) is 12.9. The minimum atomic E-state index is -0.569. The van der Waals surface area contributed by atoms with E-state index in [0.717, 1.165) is 12.0 Å². The summed E-state index contributed by atoms with van der Waals surface area (Å²) >= 11 is 0. The van der Waals surface area contributed by atoms with Crippen molar-refractivity contribution >= 4 is 5.97 Å². The van der Waals surface area contributed by atoms with Gasteiger partial charge in [0.25, 0.3) is 0 Å². The average molecular weight is 296 g/mol. The van der Waals surface area contributed by atoms with E-state index in [2.05, 4.69) is 13.5 Å². The molecule has 3 heteroatoms. The molecule has 0 aliphatic carbocycles. The lowest BCUT2D eigenvalue weighted by Crippen LogP contribution is -2.17. The molecule has 22 heavy (non-hydrogen) atoms. The summed E-state index contributed by atoms with van der Waals surface area (Å²) in [6.07, 6.45) is 0.392. The van der Waals surface area contributed by atoms with Crippen LogP contribution in [0.15, 0.2) is 66.7 Å². The molecule has 3 nitrogen and oxygen atoms in total. The lowest BCUT2D eigenvalue weighted by Gasteiger charge is -2.20. The molecule has 0 aliphatic rings. The zero-order chi connectivity index (χ0) is 15.9. The van der Waals surface area contributed by atoms with Gasteiger partial charge in [-0.3, -0.25) is 0 Å². The molecule has 0 fully saturated rings. The molecule has 0 aromatic heterocycles. The third-order valence-corrected chi connectivity index (χ3v) is 3.45. The number of aryl methyl sites for hydroxylation is 1. The number of para-hydroxylation sites is 1. The monoisotopic (exact) mass is 296 g/mol. The van der Waals surface area contributed by atoms with E-state index >= 15 is 0 Å². The fourth-order valence-corrected chi connectivity index (χ4v) is 2.14. The normalized spacial score (nSPS) is 11.5. The molecule has 114 valence electrons. The first-order chi connectivity index (χ1) is 10.7. The van der Waals surface area contributed by atoms with Crippen molar-refractivity contribution in [1.82, 2.24) is 0 Å². The molecule has 0 aliphatic heterocycles. The van der Waals surface area contributed by atoms with Crippen LogP contribution in [0, 0.1) is 0 Å². The van der Waals surface area contributed by atoms with Crippen LogP contribution in [0.25, 0.3) is 0 Å². The van der Waals surface area contributed by atoms with Gasteiger partial charge in [-0.1, -0.05) is 56.0 Å². The average Bonchev–Trinajstić information content (AvgIpc) is 2.59. The lowest BCUT2D eigenvalue weighted by molar-refractivity contribution is -0.137. The number of hydrogen-bond acceptors (Lipinski definition) is 3. The topological polar surface area (TPSA) is 35.5 Å². The molecule has 0 amide bonds. The van der Waals surface area contributed by atoms with Crippen LogP contribution in [0.3, 0.4) is 0 Å². The van der Waals surface area contributed by atoms with Crippen LogP contribution in [0.4, 0.5) is 0 Å². The largest absolute Gasteiger partial charge is 0.481 e. The zero-order valence-corrected chi connectivity index (χ0v) is 12.9. The predicted molar refractivity (Wildman–Crippen MR) is 86.8 cm³/mol. The minimum absolute atomic E-state index is 0.274. The first-order valence-electron chi connectivity index (χ1n) is 7.23. The van der Waals surface area contributed by atoms with Crippen LogP contribution in [-0.2, 0) is 16.0 Å². The molecule has 2 rings (SSSR count). The van der Waals surface area contributed by atoms with Gasteiger partial charge in [0.15, 0.2) is 6.10 Å². The van der Waals surface area contributed by atoms with Crippen molar-refractivity contribution in [3.05, 3.63) is 77.9 Å². The van der Waals surface area contributed by atoms with Crippen molar-refractivity contribution in [2.24, 2.45) is 0 Å². The Hall–Kier alpha value is -2.55. The van der Waals surface area contributed by atoms with E-state index in [1.165, 1.54) is 12.7 Å². The van der Waals surface area contributed by atoms with Gasteiger partial charge in [-0.05, 0) is 29.7 Å². The first-order valence-corrected chi connectivity index (χ1v) is 7.23. The van der Waals surface area contributed by atoms with Crippen molar-refractivity contribution in [3.63, 3.8) is 0 Å². The van der Waals surface area contributed by atoms with Gasteiger partial charge in [-0.15, -0.1) is 0 Å². The van der Waals surface area contributed by atoms with Gasteiger partial charge in [0, 0.05) is 0 Å². The maximum Gasteiger partial charge on any atom is 0.337 e. The van der Waals surface area contributed by atoms with E-state index in [-0.39, 0.29) is 5.57 Å². The Morgan fingerprint density at radius 3 is 2.27 bits per heavy atom. The fraction of sp³-hybridized carbons (Fsp3) is 0.211. The highest BCUT2D eigenvalue weighted by Gasteiger charge is 2.23. The summed E-state index contributed by atoms with van der Waals surface area (Å²) in [6.45, 7) is 5.94. The van der Waals surface area contributed by atoms with Crippen molar-refractivity contribution < 1.29 is 14.3 Å². The Bertz CT molecular complexity index is 629. The minimum Gasteiger partial charge on any atom is -0.481 e. The van der Waals surface area contributed by atoms with Crippen LogP contribution in [-0.4, -0.2) is 13.1 Å². The molecule has 0 N–H and O–H groups in total. The molecule has 0 bridgehead atoms. The number of methoxy groups -OCH3 is 1. The molecule has 2 aromatic carbocycles. The first kappa shape index (κ1) is 15.8. The Kier molecular flexibility index (Phi) is 5.37. The van der Waals surface area contributed by atoms with E-state index in [1.807, 2.05) is 54.6 Å². The quantitative estimate of drug-likeness (QED) is 0.595. The highest BCUT2D eigenvalue weighted by Crippen LogP contribution is 2.28. The summed E-state index contributed by atoms with van der Waals surface area (Å²) in [5, 5.41) is 0. The predicted octanol–water partition coefficient (Wildman–Crippen LogP) is 4.10. The summed E-state index contributed by atoms with van der Waals surface area (Å²) in [4.78, 5) is 11.8. The third kappa shape index (κ3) is 3.76. The van der Waals surface area contributed by atoms with E-state index in [9.17, 15) is 4.79 Å². The molecule has 2 aromatic rings. The molecule has 0 saturated carbocycles. The van der Waals surface area contributed by atoms with Crippen molar-refractivity contribution in [1.29, 1.82) is 0 Å². The van der Waals surface area contributed by atoms with Crippen molar-refractivity contribution in [2.45, 2.75) is 19.4 Å². The number of benzene rings is 2. The molecular weight excluding hydrogens is 276 g/mol. The van der Waals surface area contributed by atoms with Gasteiger partial charge < -0.3 is 9.47 Å². The van der Waals surface area contributed by atoms with E-state index < -0.39 is 12.1 Å². The standard InChI is InChI=1S/C19H20O3/c1-4-15-10-12-16(13-11-15)18(14(2)19(20)21-3)22-17-8-6-5-7-9-17/h5-13,18H,2,4H2,1,3H3. The fourth-order valence-electron chi connectivity index (χ4n) is 2.14. The van der Waals surface area contributed by atoms with Gasteiger partial charge >= 0.3 is 5.97 Å². The third-order valence-electron chi connectivity index (χ3n) is 3.45. The van der Waals surface area contributed by atoms with Crippen LogP contribution in [0.1, 0.15) is 24.2 Å². The molecular formula is C19H20O3. The highest BCUT2D eigenvalue weighted by atomic mass is 16.5. The van der Waals surface area contributed by atoms with E-state index in [1.54, 1.807) is 0 Å². The Balaban J connectivity index is 2.31. The molecule has 0 spiro atoms. The molecule has 0 heterocycles. The van der Waals surface area contributed by atoms with Gasteiger partial charge in [-0.25, -0.2) is 4.79 Å². The van der Waals surface area contributed by atoms with Crippen LogP contribution in [0.5, 0.6) is 5.75 Å². The van der Waals surface area contributed by atoms with Gasteiger partial charge in [-0.2, -0.15) is 0 Å². The number of carbonyl (C=O) groups is 1.